The average Bonchev–Trinajstić information content (AvgIpc) is 2.91. The summed E-state index contributed by atoms with van der Waals surface area (Å²) in [6.45, 7) is 0. The third-order valence-corrected chi connectivity index (χ3v) is 4.54. The lowest BCUT2D eigenvalue weighted by Gasteiger charge is -2.32. The first-order valence-corrected chi connectivity index (χ1v) is 7.67. The van der Waals surface area contributed by atoms with Crippen LogP contribution in [-0.2, 0) is 4.79 Å². The summed E-state index contributed by atoms with van der Waals surface area (Å²) in [5.41, 5.74) is 0. The molecule has 1 amide bonds. The summed E-state index contributed by atoms with van der Waals surface area (Å²) < 4.78 is 5.68. The SMILES string of the molecule is N#CN[C@H]1C[C@H](C(=O)Nc2ncc(C3CCCCC3)o2)C1. The average molecular weight is 288 g/mol. The van der Waals surface area contributed by atoms with Crippen LogP contribution in [0.5, 0.6) is 0 Å². The number of carbonyl (C=O) groups excluding carboxylic acids is 1. The van der Waals surface area contributed by atoms with Gasteiger partial charge < -0.3 is 9.73 Å². The maximum atomic E-state index is 12.0. The van der Waals surface area contributed by atoms with Crippen molar-refractivity contribution in [2.45, 2.75) is 56.9 Å². The minimum Gasteiger partial charge on any atom is -0.428 e. The van der Waals surface area contributed by atoms with Crippen molar-refractivity contribution in [2.24, 2.45) is 5.92 Å². The largest absolute Gasteiger partial charge is 0.428 e. The molecule has 0 aromatic carbocycles. The summed E-state index contributed by atoms with van der Waals surface area (Å²) in [6, 6.07) is 0.436. The minimum atomic E-state index is -0.0666. The summed E-state index contributed by atoms with van der Waals surface area (Å²) in [5, 5.41) is 13.9. The molecule has 21 heavy (non-hydrogen) atoms. The number of hydrogen-bond donors (Lipinski definition) is 2. The van der Waals surface area contributed by atoms with Crippen LogP contribution in [0.1, 0.15) is 56.6 Å². The Bertz CT molecular complexity index is 536. The lowest BCUT2D eigenvalue weighted by atomic mass is 9.80. The second kappa shape index (κ2) is 6.17. The lowest BCUT2D eigenvalue weighted by Crippen LogP contribution is -2.44. The predicted octanol–water partition coefficient (Wildman–Crippen LogP) is 2.51. The number of oxazole rings is 1. The summed E-state index contributed by atoms with van der Waals surface area (Å²) in [4.78, 5) is 16.2. The molecule has 0 unspecified atom stereocenters. The van der Waals surface area contributed by atoms with Gasteiger partial charge in [-0.2, -0.15) is 5.26 Å². The predicted molar refractivity (Wildman–Crippen MR) is 76.2 cm³/mol. The van der Waals surface area contributed by atoms with Gasteiger partial charge in [-0.3, -0.25) is 10.1 Å². The molecule has 0 aliphatic heterocycles. The van der Waals surface area contributed by atoms with E-state index in [9.17, 15) is 4.79 Å². The molecule has 0 saturated heterocycles. The van der Waals surface area contributed by atoms with Crippen molar-refractivity contribution >= 4 is 11.9 Å². The van der Waals surface area contributed by atoms with Crippen molar-refractivity contribution in [3.63, 3.8) is 0 Å². The van der Waals surface area contributed by atoms with Gasteiger partial charge in [0, 0.05) is 17.9 Å². The summed E-state index contributed by atoms with van der Waals surface area (Å²) >= 11 is 0. The first-order valence-electron chi connectivity index (χ1n) is 7.67. The molecule has 0 atom stereocenters. The second-order valence-electron chi connectivity index (χ2n) is 6.01. The summed E-state index contributed by atoms with van der Waals surface area (Å²) in [6.07, 6.45) is 11.1. The van der Waals surface area contributed by atoms with Gasteiger partial charge in [0.1, 0.15) is 5.76 Å². The van der Waals surface area contributed by atoms with Gasteiger partial charge in [-0.15, -0.1) is 0 Å². The van der Waals surface area contributed by atoms with Crippen LogP contribution < -0.4 is 10.6 Å². The van der Waals surface area contributed by atoms with Crippen LogP contribution in [0.15, 0.2) is 10.6 Å². The Kier molecular flexibility index (Phi) is 4.09. The molecule has 6 nitrogen and oxygen atoms in total. The normalized spacial score (nSPS) is 25.7. The fourth-order valence-corrected chi connectivity index (χ4v) is 3.17. The molecule has 0 spiro atoms. The van der Waals surface area contributed by atoms with Crippen molar-refractivity contribution in [1.82, 2.24) is 10.3 Å². The van der Waals surface area contributed by atoms with Crippen LogP contribution in [0.2, 0.25) is 0 Å². The molecule has 2 N–H and O–H groups in total. The monoisotopic (exact) mass is 288 g/mol. The van der Waals surface area contributed by atoms with Gasteiger partial charge in [-0.05, 0) is 25.7 Å². The molecule has 6 heteroatoms. The van der Waals surface area contributed by atoms with Crippen LogP contribution in [0.3, 0.4) is 0 Å². The van der Waals surface area contributed by atoms with E-state index in [0.717, 1.165) is 18.6 Å². The van der Waals surface area contributed by atoms with Crippen molar-refractivity contribution in [3.8, 4) is 6.19 Å². The molecule has 2 saturated carbocycles. The number of aromatic nitrogens is 1. The number of amides is 1. The van der Waals surface area contributed by atoms with E-state index in [0.29, 0.717) is 24.8 Å². The fourth-order valence-electron chi connectivity index (χ4n) is 3.17. The maximum absolute atomic E-state index is 12.0. The number of nitriles is 1. The Hall–Kier alpha value is -2.03. The van der Waals surface area contributed by atoms with Gasteiger partial charge in [-0.25, -0.2) is 4.98 Å². The zero-order chi connectivity index (χ0) is 14.7. The maximum Gasteiger partial charge on any atom is 0.301 e. The quantitative estimate of drug-likeness (QED) is 0.656. The topological polar surface area (TPSA) is 91.0 Å². The van der Waals surface area contributed by atoms with E-state index in [2.05, 4.69) is 15.6 Å². The molecule has 2 aliphatic rings. The zero-order valence-corrected chi connectivity index (χ0v) is 12.0. The van der Waals surface area contributed by atoms with Crippen molar-refractivity contribution in [1.29, 1.82) is 5.26 Å². The standard InChI is InChI=1S/C15H20N4O2/c16-9-18-12-6-11(7-12)14(20)19-15-17-8-13(21-15)10-4-2-1-3-5-10/h8,10-12,18H,1-7H2,(H,17,19,20)/t11-,12-. The molecule has 1 heterocycles. The molecule has 0 bridgehead atoms. The van der Waals surface area contributed by atoms with Gasteiger partial charge in [-0.1, -0.05) is 19.3 Å². The molecule has 0 radical (unpaired) electrons. The van der Waals surface area contributed by atoms with Crippen LogP contribution >= 0.6 is 0 Å². The number of rotatable bonds is 4. The molecule has 1 aromatic rings. The third kappa shape index (κ3) is 3.18. The first kappa shape index (κ1) is 13.9. The van der Waals surface area contributed by atoms with Crippen molar-refractivity contribution < 1.29 is 9.21 Å². The fraction of sp³-hybridized carbons (Fsp3) is 0.667. The van der Waals surface area contributed by atoms with Gasteiger partial charge in [0.15, 0.2) is 6.19 Å². The molecule has 112 valence electrons. The van der Waals surface area contributed by atoms with Crippen molar-refractivity contribution in [3.05, 3.63) is 12.0 Å². The van der Waals surface area contributed by atoms with Crippen molar-refractivity contribution in [2.75, 3.05) is 5.32 Å². The highest BCUT2D eigenvalue weighted by Gasteiger charge is 2.35. The Morgan fingerprint density at radius 3 is 2.81 bits per heavy atom. The summed E-state index contributed by atoms with van der Waals surface area (Å²) in [5.74, 6) is 1.22. The molecule has 2 aliphatic carbocycles. The molecule has 1 aromatic heterocycles. The minimum absolute atomic E-state index is 0.0547. The molecular formula is C15H20N4O2. The molecule has 3 rings (SSSR count). The number of nitrogens with zero attached hydrogens (tertiary/aromatic N) is 2. The van der Waals surface area contributed by atoms with Gasteiger partial charge in [0.2, 0.25) is 5.91 Å². The van der Waals surface area contributed by atoms with E-state index in [4.69, 9.17) is 9.68 Å². The van der Waals surface area contributed by atoms with Gasteiger partial charge in [0.25, 0.3) is 0 Å². The van der Waals surface area contributed by atoms with E-state index in [1.165, 1.54) is 19.3 Å². The molecular weight excluding hydrogens is 268 g/mol. The second-order valence-corrected chi connectivity index (χ2v) is 6.01. The Balaban J connectivity index is 1.50. The third-order valence-electron chi connectivity index (χ3n) is 4.54. The summed E-state index contributed by atoms with van der Waals surface area (Å²) in [7, 11) is 0. The van der Waals surface area contributed by atoms with Crippen LogP contribution in [0.25, 0.3) is 0 Å². The van der Waals surface area contributed by atoms with Gasteiger partial charge >= 0.3 is 6.01 Å². The van der Waals surface area contributed by atoms with E-state index < -0.39 is 0 Å². The first-order chi connectivity index (χ1) is 10.3. The highest BCUT2D eigenvalue weighted by molar-refractivity contribution is 5.91. The smallest absolute Gasteiger partial charge is 0.301 e. The Morgan fingerprint density at radius 2 is 2.10 bits per heavy atom. The van der Waals surface area contributed by atoms with E-state index in [1.807, 2.05) is 6.19 Å². The zero-order valence-electron chi connectivity index (χ0n) is 12.0. The number of nitrogens with one attached hydrogen (secondary N) is 2. The van der Waals surface area contributed by atoms with E-state index >= 15 is 0 Å². The highest BCUT2D eigenvalue weighted by atomic mass is 16.4. The van der Waals surface area contributed by atoms with Crippen LogP contribution in [0.4, 0.5) is 6.01 Å². The Labute approximate surface area is 123 Å². The van der Waals surface area contributed by atoms with E-state index in [-0.39, 0.29) is 17.9 Å². The van der Waals surface area contributed by atoms with Gasteiger partial charge in [0.05, 0.1) is 6.20 Å². The van der Waals surface area contributed by atoms with Crippen LogP contribution in [-0.4, -0.2) is 16.9 Å². The Morgan fingerprint density at radius 1 is 1.33 bits per heavy atom. The number of hydrogen-bond acceptors (Lipinski definition) is 5. The lowest BCUT2D eigenvalue weighted by molar-refractivity contribution is -0.122. The van der Waals surface area contributed by atoms with Crippen LogP contribution in [0, 0.1) is 17.4 Å². The highest BCUT2D eigenvalue weighted by Crippen LogP contribution is 2.34. The molecule has 2 fully saturated rings. The number of carbonyl (C=O) groups is 1. The number of anilines is 1. The van der Waals surface area contributed by atoms with E-state index in [1.54, 1.807) is 6.20 Å².